The van der Waals surface area contributed by atoms with Crippen LogP contribution in [0.3, 0.4) is 0 Å². The third-order valence-electron chi connectivity index (χ3n) is 3.91. The van der Waals surface area contributed by atoms with Gasteiger partial charge in [0.2, 0.25) is 5.91 Å². The van der Waals surface area contributed by atoms with Crippen molar-refractivity contribution in [1.29, 1.82) is 0 Å². The molecule has 2 rings (SSSR count). The summed E-state index contributed by atoms with van der Waals surface area (Å²) in [4.78, 5) is 24.7. The average Bonchev–Trinajstić information content (AvgIpc) is 2.62. The van der Waals surface area contributed by atoms with Gasteiger partial charge in [0.25, 0.3) is 5.91 Å². The van der Waals surface area contributed by atoms with Crippen LogP contribution in [-0.4, -0.2) is 24.9 Å². The molecule has 2 amide bonds. The summed E-state index contributed by atoms with van der Waals surface area (Å²) < 4.78 is 0. The van der Waals surface area contributed by atoms with Gasteiger partial charge in [0.05, 0.1) is 12.5 Å². The second-order valence-corrected chi connectivity index (χ2v) is 6.00. The van der Waals surface area contributed by atoms with E-state index in [1.165, 1.54) is 0 Å². The van der Waals surface area contributed by atoms with E-state index in [9.17, 15) is 9.59 Å². The van der Waals surface area contributed by atoms with Crippen molar-refractivity contribution in [2.24, 2.45) is 5.73 Å². The second kappa shape index (κ2) is 9.59. The van der Waals surface area contributed by atoms with Crippen molar-refractivity contribution in [2.75, 3.05) is 13.1 Å². The summed E-state index contributed by atoms with van der Waals surface area (Å²) in [6.07, 6.45) is 0.920. The Morgan fingerprint density at radius 2 is 1.72 bits per heavy atom. The molecule has 0 aliphatic heterocycles. The van der Waals surface area contributed by atoms with E-state index in [0.29, 0.717) is 18.7 Å². The Bertz CT molecular complexity index is 684. The minimum atomic E-state index is -0.382. The standard InChI is InChI=1S/C20H25N3O2/c1-15-8-10-17(11-9-15)20(25)23-18(16-6-3-2-4-7-16)14-19(24)22-13-5-12-21/h2-4,6-11,18H,5,12-14,21H2,1H3,(H,22,24)(H,23,25). The number of carbonyl (C=O) groups is 2. The van der Waals surface area contributed by atoms with Gasteiger partial charge in [-0.15, -0.1) is 0 Å². The Kier molecular flexibility index (Phi) is 7.16. The first-order valence-corrected chi connectivity index (χ1v) is 8.49. The fourth-order valence-corrected chi connectivity index (χ4v) is 2.47. The molecule has 0 radical (unpaired) electrons. The second-order valence-electron chi connectivity index (χ2n) is 6.00. The molecule has 0 aromatic heterocycles. The smallest absolute Gasteiger partial charge is 0.251 e. The van der Waals surface area contributed by atoms with Gasteiger partial charge in [-0.25, -0.2) is 0 Å². The van der Waals surface area contributed by atoms with Crippen LogP contribution in [0, 0.1) is 6.92 Å². The van der Waals surface area contributed by atoms with Gasteiger partial charge in [0.1, 0.15) is 0 Å². The van der Waals surface area contributed by atoms with E-state index >= 15 is 0 Å². The number of benzene rings is 2. The number of nitrogens with two attached hydrogens (primary N) is 1. The molecule has 0 heterocycles. The van der Waals surface area contributed by atoms with Gasteiger partial charge in [-0.2, -0.15) is 0 Å². The van der Waals surface area contributed by atoms with Crippen LogP contribution in [0.15, 0.2) is 54.6 Å². The molecule has 0 saturated carbocycles. The van der Waals surface area contributed by atoms with E-state index in [1.807, 2.05) is 49.4 Å². The molecule has 0 spiro atoms. The lowest BCUT2D eigenvalue weighted by molar-refractivity contribution is -0.121. The summed E-state index contributed by atoms with van der Waals surface area (Å²) in [6.45, 7) is 3.05. The molecule has 5 heteroatoms. The summed E-state index contributed by atoms with van der Waals surface area (Å²) in [5, 5.41) is 5.80. The highest BCUT2D eigenvalue weighted by Gasteiger charge is 2.19. The van der Waals surface area contributed by atoms with Gasteiger partial charge >= 0.3 is 0 Å². The molecule has 4 N–H and O–H groups in total. The molecule has 5 nitrogen and oxygen atoms in total. The monoisotopic (exact) mass is 339 g/mol. The summed E-state index contributed by atoms with van der Waals surface area (Å²) in [7, 11) is 0. The zero-order chi connectivity index (χ0) is 18.1. The van der Waals surface area contributed by atoms with Crippen LogP contribution in [0.25, 0.3) is 0 Å². The number of hydrogen-bond donors (Lipinski definition) is 3. The lowest BCUT2D eigenvalue weighted by Gasteiger charge is -2.19. The van der Waals surface area contributed by atoms with Gasteiger partial charge in [-0.05, 0) is 37.6 Å². The molecule has 1 atom stereocenters. The number of nitrogens with one attached hydrogen (secondary N) is 2. The van der Waals surface area contributed by atoms with Crippen molar-refractivity contribution in [3.05, 3.63) is 71.3 Å². The summed E-state index contributed by atoms with van der Waals surface area (Å²) in [6, 6.07) is 16.5. The van der Waals surface area contributed by atoms with Crippen molar-refractivity contribution in [2.45, 2.75) is 25.8 Å². The minimum Gasteiger partial charge on any atom is -0.356 e. The number of rotatable bonds is 8. The fraction of sp³-hybridized carbons (Fsp3) is 0.300. The maximum absolute atomic E-state index is 12.5. The molecule has 0 aliphatic rings. The minimum absolute atomic E-state index is 0.105. The fourth-order valence-electron chi connectivity index (χ4n) is 2.47. The summed E-state index contributed by atoms with van der Waals surface area (Å²) >= 11 is 0. The quantitative estimate of drug-likeness (QED) is 0.645. The number of aryl methyl sites for hydroxylation is 1. The van der Waals surface area contributed by atoms with Gasteiger partial charge < -0.3 is 16.4 Å². The first kappa shape index (κ1) is 18.7. The van der Waals surface area contributed by atoms with Crippen LogP contribution in [0.4, 0.5) is 0 Å². The van der Waals surface area contributed by atoms with E-state index in [-0.39, 0.29) is 24.3 Å². The average molecular weight is 339 g/mol. The Hall–Kier alpha value is -2.66. The maximum atomic E-state index is 12.5. The molecular weight excluding hydrogens is 314 g/mol. The lowest BCUT2D eigenvalue weighted by Crippen LogP contribution is -2.34. The van der Waals surface area contributed by atoms with E-state index in [1.54, 1.807) is 12.1 Å². The van der Waals surface area contributed by atoms with E-state index in [0.717, 1.165) is 17.5 Å². The number of amides is 2. The highest BCUT2D eigenvalue weighted by atomic mass is 16.2. The van der Waals surface area contributed by atoms with Crippen LogP contribution < -0.4 is 16.4 Å². The van der Waals surface area contributed by atoms with Crippen LogP contribution in [0.2, 0.25) is 0 Å². The molecule has 2 aromatic carbocycles. The van der Waals surface area contributed by atoms with Crippen molar-refractivity contribution >= 4 is 11.8 Å². The molecule has 132 valence electrons. The normalized spacial score (nSPS) is 11.6. The third kappa shape index (κ3) is 6.04. The molecule has 0 fully saturated rings. The van der Waals surface area contributed by atoms with Crippen LogP contribution in [0.1, 0.15) is 40.4 Å². The van der Waals surface area contributed by atoms with E-state index in [2.05, 4.69) is 10.6 Å². The van der Waals surface area contributed by atoms with Gasteiger partial charge in [-0.1, -0.05) is 48.0 Å². The van der Waals surface area contributed by atoms with Crippen molar-refractivity contribution in [3.63, 3.8) is 0 Å². The van der Waals surface area contributed by atoms with Crippen molar-refractivity contribution < 1.29 is 9.59 Å². The van der Waals surface area contributed by atoms with Crippen LogP contribution in [-0.2, 0) is 4.79 Å². The molecule has 25 heavy (non-hydrogen) atoms. The highest BCUT2D eigenvalue weighted by molar-refractivity contribution is 5.94. The molecule has 0 saturated heterocycles. The Morgan fingerprint density at radius 1 is 1.04 bits per heavy atom. The molecule has 2 aromatic rings. The first-order valence-electron chi connectivity index (χ1n) is 8.49. The third-order valence-corrected chi connectivity index (χ3v) is 3.91. The number of carbonyl (C=O) groups excluding carboxylic acids is 2. The molecule has 0 bridgehead atoms. The van der Waals surface area contributed by atoms with Gasteiger partial charge in [-0.3, -0.25) is 9.59 Å². The molecule has 0 aliphatic carbocycles. The predicted molar refractivity (Wildman–Crippen MR) is 99.1 cm³/mol. The highest BCUT2D eigenvalue weighted by Crippen LogP contribution is 2.17. The number of hydrogen-bond acceptors (Lipinski definition) is 3. The van der Waals surface area contributed by atoms with Gasteiger partial charge in [0.15, 0.2) is 0 Å². The lowest BCUT2D eigenvalue weighted by atomic mass is 10.0. The van der Waals surface area contributed by atoms with Crippen LogP contribution >= 0.6 is 0 Å². The van der Waals surface area contributed by atoms with Crippen LogP contribution in [0.5, 0.6) is 0 Å². The predicted octanol–water partition coefficient (Wildman–Crippen LogP) is 2.32. The molecule has 1 unspecified atom stereocenters. The largest absolute Gasteiger partial charge is 0.356 e. The zero-order valence-electron chi connectivity index (χ0n) is 14.5. The van der Waals surface area contributed by atoms with E-state index in [4.69, 9.17) is 5.73 Å². The van der Waals surface area contributed by atoms with Crippen molar-refractivity contribution in [3.8, 4) is 0 Å². The van der Waals surface area contributed by atoms with Crippen molar-refractivity contribution in [1.82, 2.24) is 10.6 Å². The Labute approximate surface area is 148 Å². The first-order chi connectivity index (χ1) is 12.1. The van der Waals surface area contributed by atoms with E-state index < -0.39 is 0 Å². The zero-order valence-corrected chi connectivity index (χ0v) is 14.5. The maximum Gasteiger partial charge on any atom is 0.251 e. The summed E-state index contributed by atoms with van der Waals surface area (Å²) in [5.74, 6) is -0.296. The van der Waals surface area contributed by atoms with Gasteiger partial charge in [0, 0.05) is 12.1 Å². The topological polar surface area (TPSA) is 84.2 Å². The summed E-state index contributed by atoms with van der Waals surface area (Å²) in [5.41, 5.74) is 8.01. The Balaban J connectivity index is 2.07. The Morgan fingerprint density at radius 3 is 2.36 bits per heavy atom. The SMILES string of the molecule is Cc1ccc(C(=O)NC(CC(=O)NCCCN)c2ccccc2)cc1. The molecular formula is C20H25N3O2.